The van der Waals surface area contributed by atoms with E-state index in [-0.39, 0.29) is 11.9 Å². The fraction of sp³-hybridized carbons (Fsp3) is 0.0909. The Hall–Kier alpha value is -2.50. The molecule has 0 bridgehead atoms. The van der Waals surface area contributed by atoms with Crippen LogP contribution in [0.15, 0.2) is 38.5 Å². The standard InChI is InChI=1S/C11H11N3O3/c1-16-9-4-6-2-3-7(14-11(12)13)5-8(6)10(15)17-9/h2-5H,1H3,(H4,12,13,14). The van der Waals surface area contributed by atoms with Crippen molar-refractivity contribution in [3.05, 3.63) is 34.7 Å². The summed E-state index contributed by atoms with van der Waals surface area (Å²) < 4.78 is 9.77. The third-order valence-electron chi connectivity index (χ3n) is 2.18. The highest BCUT2D eigenvalue weighted by molar-refractivity contribution is 5.86. The van der Waals surface area contributed by atoms with Crippen LogP contribution in [0.2, 0.25) is 0 Å². The lowest BCUT2D eigenvalue weighted by Crippen LogP contribution is -2.21. The average Bonchev–Trinajstić information content (AvgIpc) is 2.29. The molecular weight excluding hydrogens is 222 g/mol. The van der Waals surface area contributed by atoms with Crippen molar-refractivity contribution in [1.29, 1.82) is 0 Å². The molecule has 2 rings (SSSR count). The summed E-state index contributed by atoms with van der Waals surface area (Å²) in [6.45, 7) is 0. The number of ether oxygens (including phenoxy) is 1. The second-order valence-electron chi connectivity index (χ2n) is 3.37. The number of benzene rings is 1. The smallest absolute Gasteiger partial charge is 0.346 e. The van der Waals surface area contributed by atoms with Crippen molar-refractivity contribution in [3.63, 3.8) is 0 Å². The summed E-state index contributed by atoms with van der Waals surface area (Å²) >= 11 is 0. The van der Waals surface area contributed by atoms with Crippen LogP contribution in [0.5, 0.6) is 5.95 Å². The lowest BCUT2D eigenvalue weighted by molar-refractivity contribution is 0.289. The van der Waals surface area contributed by atoms with Crippen molar-refractivity contribution >= 4 is 22.4 Å². The number of nitrogens with zero attached hydrogens (tertiary/aromatic N) is 1. The molecule has 17 heavy (non-hydrogen) atoms. The zero-order chi connectivity index (χ0) is 12.4. The Labute approximate surface area is 96.5 Å². The highest BCUT2D eigenvalue weighted by Gasteiger charge is 2.05. The first-order valence-electron chi connectivity index (χ1n) is 4.81. The average molecular weight is 233 g/mol. The summed E-state index contributed by atoms with van der Waals surface area (Å²) in [5, 5.41) is 1.10. The van der Waals surface area contributed by atoms with E-state index in [1.54, 1.807) is 24.3 Å². The maximum Gasteiger partial charge on any atom is 0.346 e. The minimum absolute atomic E-state index is 0.0674. The van der Waals surface area contributed by atoms with Crippen molar-refractivity contribution in [2.75, 3.05) is 7.11 Å². The van der Waals surface area contributed by atoms with Crippen LogP contribution in [0, 0.1) is 0 Å². The summed E-state index contributed by atoms with van der Waals surface area (Å²) in [6.07, 6.45) is 0. The van der Waals surface area contributed by atoms with Crippen LogP contribution in [0.25, 0.3) is 10.8 Å². The van der Waals surface area contributed by atoms with E-state index in [9.17, 15) is 4.79 Å². The Morgan fingerprint density at radius 1 is 1.35 bits per heavy atom. The molecule has 0 fully saturated rings. The molecule has 0 aliphatic heterocycles. The van der Waals surface area contributed by atoms with Gasteiger partial charge in [-0.1, -0.05) is 6.07 Å². The number of guanidine groups is 1. The molecule has 6 nitrogen and oxygen atoms in total. The molecule has 0 spiro atoms. The van der Waals surface area contributed by atoms with E-state index in [0.29, 0.717) is 16.5 Å². The maximum absolute atomic E-state index is 11.6. The second kappa shape index (κ2) is 4.17. The van der Waals surface area contributed by atoms with E-state index in [2.05, 4.69) is 4.99 Å². The largest absolute Gasteiger partial charge is 0.468 e. The molecule has 1 aromatic heterocycles. The van der Waals surface area contributed by atoms with Crippen LogP contribution in [-0.2, 0) is 0 Å². The topological polar surface area (TPSA) is 104 Å². The summed E-state index contributed by atoms with van der Waals surface area (Å²) in [5.41, 5.74) is 10.5. The molecule has 0 aliphatic carbocycles. The molecule has 88 valence electrons. The lowest BCUT2D eigenvalue weighted by Gasteiger charge is -2.01. The molecule has 0 atom stereocenters. The monoisotopic (exact) mass is 233 g/mol. The van der Waals surface area contributed by atoms with Crippen molar-refractivity contribution in [1.82, 2.24) is 0 Å². The molecular formula is C11H11N3O3. The Kier molecular flexibility index (Phi) is 2.70. The number of methoxy groups -OCH3 is 1. The number of fused-ring (bicyclic) bond motifs is 1. The van der Waals surface area contributed by atoms with Crippen LogP contribution in [0.4, 0.5) is 5.69 Å². The summed E-state index contributed by atoms with van der Waals surface area (Å²) in [6, 6.07) is 6.59. The Morgan fingerprint density at radius 3 is 2.76 bits per heavy atom. The third kappa shape index (κ3) is 2.20. The van der Waals surface area contributed by atoms with Crippen molar-refractivity contribution in [3.8, 4) is 5.95 Å². The number of hydrogen-bond acceptors (Lipinski definition) is 4. The SMILES string of the molecule is COc1cc2ccc(N=C(N)N)cc2c(=O)o1. The van der Waals surface area contributed by atoms with Crippen LogP contribution in [0.1, 0.15) is 0 Å². The molecule has 1 heterocycles. The molecule has 0 amide bonds. The molecule has 0 saturated carbocycles. The third-order valence-corrected chi connectivity index (χ3v) is 2.18. The predicted molar refractivity (Wildman–Crippen MR) is 64.5 cm³/mol. The highest BCUT2D eigenvalue weighted by Crippen LogP contribution is 2.21. The Balaban J connectivity index is 2.67. The minimum atomic E-state index is -0.494. The van der Waals surface area contributed by atoms with Crippen LogP contribution in [0.3, 0.4) is 0 Å². The number of rotatable bonds is 2. The number of hydrogen-bond donors (Lipinski definition) is 2. The van der Waals surface area contributed by atoms with Gasteiger partial charge in [0.2, 0.25) is 0 Å². The van der Waals surface area contributed by atoms with Crippen molar-refractivity contribution < 1.29 is 9.15 Å². The van der Waals surface area contributed by atoms with Gasteiger partial charge in [-0.15, -0.1) is 0 Å². The summed E-state index contributed by atoms with van der Waals surface area (Å²) in [7, 11) is 1.43. The fourth-order valence-electron chi connectivity index (χ4n) is 1.47. The van der Waals surface area contributed by atoms with Gasteiger partial charge in [-0.3, -0.25) is 0 Å². The van der Waals surface area contributed by atoms with E-state index < -0.39 is 5.63 Å². The normalized spacial score (nSPS) is 10.2. The quantitative estimate of drug-likeness (QED) is 0.587. The number of nitrogens with two attached hydrogens (primary N) is 2. The van der Waals surface area contributed by atoms with E-state index in [1.807, 2.05) is 0 Å². The Bertz CT molecular complexity index is 642. The van der Waals surface area contributed by atoms with Gasteiger partial charge in [0, 0.05) is 6.07 Å². The molecule has 0 radical (unpaired) electrons. The van der Waals surface area contributed by atoms with Crippen LogP contribution >= 0.6 is 0 Å². The summed E-state index contributed by atoms with van der Waals surface area (Å²) in [4.78, 5) is 15.5. The van der Waals surface area contributed by atoms with E-state index in [4.69, 9.17) is 20.6 Å². The first-order chi connectivity index (χ1) is 8.10. The van der Waals surface area contributed by atoms with Gasteiger partial charge in [-0.05, 0) is 17.5 Å². The summed E-state index contributed by atoms with van der Waals surface area (Å²) in [5.74, 6) is 0.0966. The zero-order valence-electron chi connectivity index (χ0n) is 9.14. The predicted octanol–water partition coefficient (Wildman–Crippen LogP) is 0.707. The fourth-order valence-corrected chi connectivity index (χ4v) is 1.47. The van der Waals surface area contributed by atoms with E-state index in [0.717, 1.165) is 0 Å². The van der Waals surface area contributed by atoms with Gasteiger partial charge < -0.3 is 20.6 Å². The van der Waals surface area contributed by atoms with Gasteiger partial charge in [-0.25, -0.2) is 9.79 Å². The van der Waals surface area contributed by atoms with E-state index >= 15 is 0 Å². The van der Waals surface area contributed by atoms with Crippen molar-refractivity contribution in [2.45, 2.75) is 0 Å². The van der Waals surface area contributed by atoms with Gasteiger partial charge >= 0.3 is 5.63 Å². The van der Waals surface area contributed by atoms with Gasteiger partial charge in [-0.2, -0.15) is 0 Å². The highest BCUT2D eigenvalue weighted by atomic mass is 16.6. The molecule has 0 aliphatic rings. The zero-order valence-corrected chi connectivity index (χ0v) is 9.14. The molecule has 0 saturated heterocycles. The van der Waals surface area contributed by atoms with Crippen LogP contribution < -0.4 is 21.8 Å². The molecule has 0 unspecified atom stereocenters. The van der Waals surface area contributed by atoms with E-state index in [1.165, 1.54) is 7.11 Å². The first kappa shape index (κ1) is 11.0. The van der Waals surface area contributed by atoms with Crippen molar-refractivity contribution in [2.24, 2.45) is 16.5 Å². The van der Waals surface area contributed by atoms with Gasteiger partial charge in [0.15, 0.2) is 5.96 Å². The van der Waals surface area contributed by atoms with Crippen LogP contribution in [-0.4, -0.2) is 13.1 Å². The molecule has 6 heteroatoms. The van der Waals surface area contributed by atoms with Gasteiger partial charge in [0.1, 0.15) is 0 Å². The Morgan fingerprint density at radius 2 is 2.12 bits per heavy atom. The minimum Gasteiger partial charge on any atom is -0.468 e. The lowest BCUT2D eigenvalue weighted by atomic mass is 10.1. The molecule has 1 aromatic carbocycles. The second-order valence-corrected chi connectivity index (χ2v) is 3.37. The first-order valence-corrected chi connectivity index (χ1v) is 4.81. The molecule has 2 aromatic rings. The van der Waals surface area contributed by atoms with Gasteiger partial charge in [0.05, 0.1) is 18.2 Å². The number of aliphatic imine (C=N–C) groups is 1. The molecule has 4 N–H and O–H groups in total. The van der Waals surface area contributed by atoms with Gasteiger partial charge in [0.25, 0.3) is 5.95 Å². The maximum atomic E-state index is 11.6.